The number of carbonyl (C=O) groups is 4. The highest BCUT2D eigenvalue weighted by atomic mass is 32.2. The van der Waals surface area contributed by atoms with Crippen LogP contribution in [0.5, 0.6) is 0 Å². The number of rotatable bonds is 13. The Morgan fingerprint density at radius 1 is 0.933 bits per heavy atom. The lowest BCUT2D eigenvalue weighted by molar-refractivity contribution is -0.115. The number of ether oxygens (including phenoxy) is 3. The number of aryl methyl sites for hydroxylation is 1. The maximum Gasteiger partial charge on any atom is 0.341 e. The molecule has 0 saturated heterocycles. The molecule has 244 valence electrons. The number of nitrogens with one attached hydrogen (secondary N) is 1. The quantitative estimate of drug-likeness (QED) is 0.161. The summed E-state index contributed by atoms with van der Waals surface area (Å²) >= 11 is 2.38. The minimum atomic E-state index is -4.22. The first-order chi connectivity index (χ1) is 21.6. The van der Waals surface area contributed by atoms with Crippen molar-refractivity contribution in [3.63, 3.8) is 0 Å². The van der Waals surface area contributed by atoms with Gasteiger partial charge in [-0.25, -0.2) is 18.0 Å². The third-order valence-electron chi connectivity index (χ3n) is 6.93. The highest BCUT2D eigenvalue weighted by Gasteiger charge is 2.28. The summed E-state index contributed by atoms with van der Waals surface area (Å²) in [5, 5.41) is 2.85. The Balaban J connectivity index is 1.53. The number of sulfone groups is 1. The number of anilines is 1. The number of aromatic nitrogens is 1. The van der Waals surface area contributed by atoms with Gasteiger partial charge in [-0.2, -0.15) is 4.99 Å². The summed E-state index contributed by atoms with van der Waals surface area (Å²) in [6.45, 7) is 6.77. The van der Waals surface area contributed by atoms with E-state index < -0.39 is 45.1 Å². The normalized spacial score (nSPS) is 13.7. The molecule has 2 heterocycles. The van der Waals surface area contributed by atoms with Crippen LogP contribution in [0.4, 0.5) is 5.00 Å². The van der Waals surface area contributed by atoms with E-state index in [0.717, 1.165) is 47.5 Å². The predicted molar refractivity (Wildman–Crippen MR) is 172 cm³/mol. The van der Waals surface area contributed by atoms with E-state index in [1.807, 2.05) is 6.92 Å². The number of amides is 2. The van der Waals surface area contributed by atoms with Gasteiger partial charge in [0.05, 0.1) is 41.2 Å². The molecular weight excluding hydrogens is 643 g/mol. The topological polar surface area (TPSA) is 159 Å². The van der Waals surface area contributed by atoms with Crippen LogP contribution in [0.1, 0.15) is 71.2 Å². The Hall–Kier alpha value is -3.40. The third kappa shape index (κ3) is 8.87. The molecule has 0 atom stereocenters. The number of benzene rings is 1. The number of thiazole rings is 1. The molecule has 0 unspecified atom stereocenters. The van der Waals surface area contributed by atoms with Crippen molar-refractivity contribution in [2.24, 2.45) is 4.99 Å². The molecule has 0 spiro atoms. The molecule has 2 amide bonds. The number of carbonyl (C=O) groups excluding carboxylic acids is 4. The van der Waals surface area contributed by atoms with Gasteiger partial charge < -0.3 is 24.1 Å². The Morgan fingerprint density at radius 2 is 1.67 bits per heavy atom. The first-order valence-corrected chi connectivity index (χ1v) is 18.3. The Kier molecular flexibility index (Phi) is 12.1. The zero-order valence-corrected chi connectivity index (χ0v) is 28.0. The first kappa shape index (κ1) is 34.5. The molecule has 0 radical (unpaired) electrons. The number of thiophene rings is 1. The van der Waals surface area contributed by atoms with Crippen LogP contribution in [0.2, 0.25) is 0 Å². The molecule has 0 fully saturated rings. The molecule has 1 aliphatic rings. The number of hydrogen-bond acceptors (Lipinski definition) is 11. The maximum atomic E-state index is 12.9. The van der Waals surface area contributed by atoms with Gasteiger partial charge in [0, 0.05) is 18.0 Å². The van der Waals surface area contributed by atoms with Crippen molar-refractivity contribution in [3.8, 4) is 0 Å². The fourth-order valence-corrected chi connectivity index (χ4v) is 8.43. The number of fused-ring (bicyclic) bond motifs is 2. The fourth-order valence-electron chi connectivity index (χ4n) is 5.01. The van der Waals surface area contributed by atoms with Crippen molar-refractivity contribution in [3.05, 3.63) is 44.6 Å². The van der Waals surface area contributed by atoms with Crippen molar-refractivity contribution in [1.29, 1.82) is 0 Å². The number of hydrogen-bond donors (Lipinski definition) is 1. The molecular formula is C30H37N3O9S3. The van der Waals surface area contributed by atoms with Crippen LogP contribution in [0.3, 0.4) is 0 Å². The van der Waals surface area contributed by atoms with E-state index in [9.17, 15) is 27.6 Å². The van der Waals surface area contributed by atoms with Crippen molar-refractivity contribution in [1.82, 2.24) is 4.57 Å². The van der Waals surface area contributed by atoms with E-state index >= 15 is 0 Å². The highest BCUT2D eigenvalue weighted by molar-refractivity contribution is 7.92. The summed E-state index contributed by atoms with van der Waals surface area (Å²) in [5.41, 5.74) is 2.15. The molecule has 1 aromatic carbocycles. The van der Waals surface area contributed by atoms with Gasteiger partial charge in [-0.3, -0.25) is 9.59 Å². The van der Waals surface area contributed by atoms with Crippen LogP contribution in [-0.2, 0) is 53.0 Å². The largest absolute Gasteiger partial charge is 0.462 e. The maximum absolute atomic E-state index is 12.9. The monoisotopic (exact) mass is 679 g/mol. The average molecular weight is 680 g/mol. The van der Waals surface area contributed by atoms with Gasteiger partial charge in [0.1, 0.15) is 16.5 Å². The summed E-state index contributed by atoms with van der Waals surface area (Å²) in [6.07, 6.45) is 4.34. The molecule has 0 saturated carbocycles. The Morgan fingerprint density at radius 3 is 2.40 bits per heavy atom. The predicted octanol–water partition coefficient (Wildman–Crippen LogP) is 3.90. The summed E-state index contributed by atoms with van der Waals surface area (Å²) in [4.78, 5) is 56.1. The van der Waals surface area contributed by atoms with Crippen molar-refractivity contribution >= 4 is 71.5 Å². The molecule has 15 heteroatoms. The smallest absolute Gasteiger partial charge is 0.341 e. The van der Waals surface area contributed by atoms with Crippen LogP contribution in [0, 0.1) is 0 Å². The molecule has 1 aliphatic carbocycles. The number of nitrogens with zero attached hydrogens (tertiary/aromatic N) is 2. The van der Waals surface area contributed by atoms with Gasteiger partial charge in [-0.15, -0.1) is 11.3 Å². The Labute approximate surface area is 269 Å². The fraction of sp³-hybridized carbons (Fsp3) is 0.500. The van der Waals surface area contributed by atoms with E-state index in [2.05, 4.69) is 10.3 Å². The van der Waals surface area contributed by atoms with Gasteiger partial charge in [0.25, 0.3) is 5.91 Å². The first-order valence-electron chi connectivity index (χ1n) is 14.8. The van der Waals surface area contributed by atoms with Crippen LogP contribution in [0.25, 0.3) is 10.2 Å². The second kappa shape index (κ2) is 15.7. The highest BCUT2D eigenvalue weighted by Crippen LogP contribution is 2.38. The summed E-state index contributed by atoms with van der Waals surface area (Å²) < 4.78 is 44.0. The lowest BCUT2D eigenvalue weighted by Crippen LogP contribution is -2.28. The second-order valence-corrected chi connectivity index (χ2v) is 14.4. The van der Waals surface area contributed by atoms with Crippen LogP contribution in [-0.4, -0.2) is 74.7 Å². The van der Waals surface area contributed by atoms with Gasteiger partial charge in [-0.05, 0) is 70.2 Å². The van der Waals surface area contributed by atoms with E-state index in [0.29, 0.717) is 42.0 Å². The summed E-state index contributed by atoms with van der Waals surface area (Å²) in [6, 6.07) is 4.95. The second-order valence-electron chi connectivity index (χ2n) is 10.2. The molecule has 12 nitrogen and oxygen atoms in total. The minimum Gasteiger partial charge on any atom is -0.462 e. The van der Waals surface area contributed by atoms with Crippen LogP contribution >= 0.6 is 22.7 Å². The molecule has 4 rings (SSSR count). The molecule has 0 aliphatic heterocycles. The molecule has 45 heavy (non-hydrogen) atoms. The zero-order valence-electron chi connectivity index (χ0n) is 25.5. The van der Waals surface area contributed by atoms with E-state index in [1.165, 1.54) is 11.3 Å². The van der Waals surface area contributed by atoms with Gasteiger partial charge in [0.15, 0.2) is 14.6 Å². The number of esters is 2. The molecule has 1 N–H and O–H groups in total. The Bertz CT molecular complexity index is 1750. The van der Waals surface area contributed by atoms with Gasteiger partial charge >= 0.3 is 11.9 Å². The average Bonchev–Trinajstić information content (AvgIpc) is 3.38. The summed E-state index contributed by atoms with van der Waals surface area (Å²) in [5.74, 6) is -4.79. The molecule has 0 bridgehead atoms. The SMILES string of the molecule is CCOCCn1c(=NC(=O)CS(=O)(=O)CC(=O)Nc2sc3c(c2C(=O)OCC)CCCCC3)sc2cc(C(=O)OCC)ccc21. The van der Waals surface area contributed by atoms with E-state index in [1.54, 1.807) is 36.6 Å². The standard InChI is InChI=1S/C30H37N3O9S3/c1-4-40-15-14-33-21-13-12-19(28(36)41-5-2)16-23(21)44-30(33)32-25(35)18-45(38,39)17-24(34)31-27-26(29(37)42-6-3)20-10-8-7-9-11-22(20)43-27/h12-13,16H,4-11,14-15,17-18H2,1-3H3,(H,31,34). The van der Waals surface area contributed by atoms with Crippen LogP contribution in [0.15, 0.2) is 23.2 Å². The van der Waals surface area contributed by atoms with Crippen molar-refractivity contribution in [2.45, 2.75) is 59.4 Å². The molecule has 2 aromatic heterocycles. The van der Waals surface area contributed by atoms with Crippen molar-refractivity contribution < 1.29 is 41.8 Å². The van der Waals surface area contributed by atoms with E-state index in [-0.39, 0.29) is 28.6 Å². The lowest BCUT2D eigenvalue weighted by atomic mass is 10.1. The van der Waals surface area contributed by atoms with E-state index in [4.69, 9.17) is 14.2 Å². The zero-order chi connectivity index (χ0) is 32.6. The van der Waals surface area contributed by atoms with Crippen molar-refractivity contribution in [2.75, 3.05) is 43.3 Å². The molecule has 3 aromatic rings. The van der Waals surface area contributed by atoms with Gasteiger partial charge in [0.2, 0.25) is 5.91 Å². The third-order valence-corrected chi connectivity index (χ3v) is 10.6. The minimum absolute atomic E-state index is 0.162. The lowest BCUT2D eigenvalue weighted by Gasteiger charge is -2.08. The summed E-state index contributed by atoms with van der Waals surface area (Å²) in [7, 11) is -4.22. The van der Waals surface area contributed by atoms with Gasteiger partial charge in [-0.1, -0.05) is 17.8 Å². The van der Waals surface area contributed by atoms with Crippen LogP contribution < -0.4 is 10.1 Å².